The maximum atomic E-state index is 14.6. The van der Waals surface area contributed by atoms with Gasteiger partial charge in [-0.15, -0.1) is 22.7 Å². The zero-order chi connectivity index (χ0) is 28.6. The van der Waals surface area contributed by atoms with Gasteiger partial charge in [-0.25, -0.2) is 14.8 Å². The van der Waals surface area contributed by atoms with Crippen molar-refractivity contribution in [2.45, 2.75) is 77.0 Å². The number of amides is 1. The molecule has 10 heteroatoms. The molecule has 1 aliphatic rings. The van der Waals surface area contributed by atoms with E-state index < -0.39 is 29.1 Å². The summed E-state index contributed by atoms with van der Waals surface area (Å²) in [6, 6.07) is 4.79. The van der Waals surface area contributed by atoms with Gasteiger partial charge in [0, 0.05) is 41.5 Å². The number of hydrogen-bond acceptors (Lipinski definition) is 9. The van der Waals surface area contributed by atoms with Gasteiger partial charge in [-0.05, 0) is 50.3 Å². The number of aliphatic hydroxyl groups is 1. The number of hydrogen-bond donors (Lipinski definition) is 1. The molecule has 1 aliphatic heterocycles. The van der Waals surface area contributed by atoms with Crippen LogP contribution in [-0.2, 0) is 21.4 Å². The minimum atomic E-state index is -1.40. The number of likely N-dealkylation sites (tertiary alicyclic amines) is 1. The molecule has 3 aromatic rings. The third-order valence-corrected chi connectivity index (χ3v) is 8.42. The number of ether oxygens (including phenoxy) is 2. The zero-order valence-electron chi connectivity index (χ0n) is 23.6. The van der Waals surface area contributed by atoms with Crippen LogP contribution in [0.1, 0.15) is 80.6 Å². The molecule has 1 saturated heterocycles. The van der Waals surface area contributed by atoms with E-state index in [0.29, 0.717) is 22.0 Å². The Bertz CT molecular complexity index is 1300. The highest BCUT2D eigenvalue weighted by Gasteiger charge is 2.60. The van der Waals surface area contributed by atoms with Gasteiger partial charge in [0.15, 0.2) is 0 Å². The summed E-state index contributed by atoms with van der Waals surface area (Å²) in [6.45, 7) is 11.4. The van der Waals surface area contributed by atoms with Crippen LogP contribution in [-0.4, -0.2) is 56.7 Å². The van der Waals surface area contributed by atoms with E-state index in [4.69, 9.17) is 9.47 Å². The maximum absolute atomic E-state index is 14.6. The van der Waals surface area contributed by atoms with Crippen molar-refractivity contribution in [2.24, 2.45) is 5.92 Å². The molecule has 0 bridgehead atoms. The van der Waals surface area contributed by atoms with E-state index in [1.165, 1.54) is 22.7 Å². The number of carbonyl (C=O) groups is 2. The Labute approximate surface area is 238 Å². The predicted octanol–water partition coefficient (Wildman–Crippen LogP) is 5.42. The molecule has 1 amide bonds. The quantitative estimate of drug-likeness (QED) is 0.378. The first-order valence-electron chi connectivity index (χ1n) is 12.9. The van der Waals surface area contributed by atoms with Gasteiger partial charge in [0.05, 0.1) is 24.4 Å². The van der Waals surface area contributed by atoms with Crippen molar-refractivity contribution < 1.29 is 24.2 Å². The number of aliphatic hydroxyl groups excluding tert-OH is 1. The van der Waals surface area contributed by atoms with Crippen molar-refractivity contribution >= 4 is 34.6 Å². The van der Waals surface area contributed by atoms with Crippen LogP contribution in [0.3, 0.4) is 0 Å². The topological polar surface area (TPSA) is 102 Å². The molecule has 0 aliphatic carbocycles. The van der Waals surface area contributed by atoms with Gasteiger partial charge in [-0.1, -0.05) is 26.8 Å². The molecule has 4 rings (SSSR count). The van der Waals surface area contributed by atoms with Crippen molar-refractivity contribution in [1.82, 2.24) is 14.9 Å². The summed E-state index contributed by atoms with van der Waals surface area (Å²) in [5.74, 6) is -0.709. The molecule has 1 N–H and O–H groups in total. The van der Waals surface area contributed by atoms with E-state index in [-0.39, 0.29) is 30.8 Å². The SMILES string of the molecule is COc1cc(C(=O)N2[C@@H](c3nccs3)[C@@H](CO)C[C@@]2(Cc2cscn2)C(=O)OC(C)(C)C)ccc1C(C)(C)C. The molecule has 1 aromatic carbocycles. The summed E-state index contributed by atoms with van der Waals surface area (Å²) in [6.07, 6.45) is 2.04. The molecule has 0 saturated carbocycles. The van der Waals surface area contributed by atoms with Crippen LogP contribution in [0.5, 0.6) is 5.75 Å². The van der Waals surface area contributed by atoms with E-state index in [1.807, 2.05) is 16.8 Å². The predicted molar refractivity (Wildman–Crippen MR) is 152 cm³/mol. The fraction of sp³-hybridized carbons (Fsp3) is 0.517. The third-order valence-electron chi connectivity index (χ3n) is 6.94. The second-order valence-electron chi connectivity index (χ2n) is 12.0. The Morgan fingerprint density at radius 3 is 2.46 bits per heavy atom. The lowest BCUT2D eigenvalue weighted by Crippen LogP contribution is -2.57. The van der Waals surface area contributed by atoms with Gasteiger partial charge in [0.1, 0.15) is 21.9 Å². The molecule has 3 atom stereocenters. The van der Waals surface area contributed by atoms with Gasteiger partial charge >= 0.3 is 5.97 Å². The lowest BCUT2D eigenvalue weighted by Gasteiger charge is -2.40. The van der Waals surface area contributed by atoms with Gasteiger partial charge in [0.2, 0.25) is 0 Å². The fourth-order valence-electron chi connectivity index (χ4n) is 5.29. The first-order valence-corrected chi connectivity index (χ1v) is 14.8. The number of rotatable bonds is 7. The highest BCUT2D eigenvalue weighted by Crippen LogP contribution is 2.50. The van der Waals surface area contributed by atoms with Crippen LogP contribution in [0.2, 0.25) is 0 Å². The fourth-order valence-corrected chi connectivity index (χ4v) is 6.67. The first kappa shape index (κ1) is 29.2. The Hall–Kier alpha value is -2.82. The Balaban J connectivity index is 1.92. The summed E-state index contributed by atoms with van der Waals surface area (Å²) in [7, 11) is 1.59. The normalized spacial score (nSPS) is 21.7. The molecule has 3 heterocycles. The zero-order valence-corrected chi connectivity index (χ0v) is 25.2. The molecule has 0 spiro atoms. The molecule has 1 fully saturated rings. The van der Waals surface area contributed by atoms with Crippen LogP contribution < -0.4 is 4.74 Å². The molecule has 0 radical (unpaired) electrons. The van der Waals surface area contributed by atoms with Crippen molar-refractivity contribution in [3.8, 4) is 5.75 Å². The number of carbonyl (C=O) groups excluding carboxylic acids is 2. The molecule has 210 valence electrons. The lowest BCUT2D eigenvalue weighted by atomic mass is 9.85. The number of nitrogens with zero attached hydrogens (tertiary/aromatic N) is 3. The highest BCUT2D eigenvalue weighted by molar-refractivity contribution is 7.09. The average molecular weight is 572 g/mol. The van der Waals surface area contributed by atoms with Gasteiger partial charge in [-0.3, -0.25) is 4.79 Å². The highest BCUT2D eigenvalue weighted by atomic mass is 32.1. The second-order valence-corrected chi connectivity index (χ2v) is 13.6. The Morgan fingerprint density at radius 1 is 1.18 bits per heavy atom. The number of benzene rings is 1. The van der Waals surface area contributed by atoms with Crippen LogP contribution in [0.25, 0.3) is 0 Å². The Kier molecular flexibility index (Phi) is 8.21. The van der Waals surface area contributed by atoms with Crippen LogP contribution in [0.15, 0.2) is 40.7 Å². The molecular formula is C29H37N3O5S2. The molecule has 2 aromatic heterocycles. The Morgan fingerprint density at radius 2 is 1.92 bits per heavy atom. The monoisotopic (exact) mass is 571 g/mol. The number of aromatic nitrogens is 2. The summed E-state index contributed by atoms with van der Waals surface area (Å²) in [5, 5.41) is 14.9. The lowest BCUT2D eigenvalue weighted by molar-refractivity contribution is -0.167. The maximum Gasteiger partial charge on any atom is 0.333 e. The van der Waals surface area contributed by atoms with E-state index in [1.54, 1.807) is 56.6 Å². The summed E-state index contributed by atoms with van der Waals surface area (Å²) >= 11 is 2.82. The molecule has 8 nitrogen and oxygen atoms in total. The summed E-state index contributed by atoms with van der Waals surface area (Å²) < 4.78 is 11.7. The largest absolute Gasteiger partial charge is 0.496 e. The van der Waals surface area contributed by atoms with Gasteiger partial charge in [-0.2, -0.15) is 0 Å². The van der Waals surface area contributed by atoms with Gasteiger partial charge < -0.3 is 19.5 Å². The van der Waals surface area contributed by atoms with E-state index in [0.717, 1.165) is 5.56 Å². The minimum absolute atomic E-state index is 0.159. The van der Waals surface area contributed by atoms with Crippen molar-refractivity contribution in [3.63, 3.8) is 0 Å². The average Bonchev–Trinajstić information content (AvgIpc) is 3.62. The van der Waals surface area contributed by atoms with Gasteiger partial charge in [0.25, 0.3) is 5.91 Å². The molecule has 39 heavy (non-hydrogen) atoms. The van der Waals surface area contributed by atoms with E-state index in [2.05, 4.69) is 30.7 Å². The van der Waals surface area contributed by atoms with Crippen LogP contribution in [0.4, 0.5) is 0 Å². The number of esters is 1. The molecule has 0 unspecified atom stereocenters. The van der Waals surface area contributed by atoms with Crippen molar-refractivity contribution in [2.75, 3.05) is 13.7 Å². The smallest absolute Gasteiger partial charge is 0.333 e. The van der Waals surface area contributed by atoms with Crippen LogP contribution in [0, 0.1) is 5.92 Å². The van der Waals surface area contributed by atoms with Crippen molar-refractivity contribution in [1.29, 1.82) is 0 Å². The van der Waals surface area contributed by atoms with E-state index in [9.17, 15) is 14.7 Å². The van der Waals surface area contributed by atoms with Crippen molar-refractivity contribution in [3.05, 3.63) is 62.5 Å². The summed E-state index contributed by atoms with van der Waals surface area (Å²) in [4.78, 5) is 39.4. The molecular weight excluding hydrogens is 534 g/mol. The third kappa shape index (κ3) is 5.88. The number of thiazole rings is 2. The standard InChI is InChI=1S/C29H37N3O5S2/c1-27(2,3)21-9-8-18(12-22(21)36-7)25(34)32-23(24-30-10-11-39-24)19(15-33)13-29(32,14-20-16-38-17-31-20)26(35)37-28(4,5)6/h8-12,16-17,19,23,33H,13-15H2,1-7H3/t19-,23-,29-/m1/s1. The second kappa shape index (κ2) is 11.0. The summed E-state index contributed by atoms with van der Waals surface area (Å²) in [5.41, 5.74) is 1.35. The van der Waals surface area contributed by atoms with E-state index >= 15 is 0 Å². The number of methoxy groups -OCH3 is 1. The minimum Gasteiger partial charge on any atom is -0.496 e. The van der Waals surface area contributed by atoms with Crippen LogP contribution >= 0.6 is 22.7 Å². The first-order chi connectivity index (χ1) is 18.3.